The first-order chi connectivity index (χ1) is 10.2. The standard InChI is InChI=1S/C17H32N2O2/c1-2-3-4-5-6-7-8-11-14-18-16(20)17(21)19-15-12-9-10-13-15/h15H,2-14H2,1H3,(H,18,20)(H,19,21). The van der Waals surface area contributed by atoms with Crippen LogP contribution in [-0.4, -0.2) is 24.4 Å². The van der Waals surface area contributed by atoms with Gasteiger partial charge in [-0.05, 0) is 19.3 Å². The third-order valence-corrected chi connectivity index (χ3v) is 4.21. The van der Waals surface area contributed by atoms with Gasteiger partial charge in [0, 0.05) is 12.6 Å². The molecule has 0 unspecified atom stereocenters. The molecule has 1 fully saturated rings. The summed E-state index contributed by atoms with van der Waals surface area (Å²) in [6, 6.07) is 0.214. The summed E-state index contributed by atoms with van der Waals surface area (Å²) in [7, 11) is 0. The van der Waals surface area contributed by atoms with Crippen LogP contribution in [0.5, 0.6) is 0 Å². The molecule has 0 saturated heterocycles. The summed E-state index contributed by atoms with van der Waals surface area (Å²) in [6.45, 7) is 2.84. The minimum Gasteiger partial charge on any atom is -0.348 e. The highest BCUT2D eigenvalue weighted by atomic mass is 16.2. The molecule has 0 aromatic carbocycles. The van der Waals surface area contributed by atoms with Crippen LogP contribution < -0.4 is 10.6 Å². The van der Waals surface area contributed by atoms with Crippen molar-refractivity contribution in [1.82, 2.24) is 10.6 Å². The minimum atomic E-state index is -0.468. The van der Waals surface area contributed by atoms with E-state index in [0.29, 0.717) is 6.54 Å². The SMILES string of the molecule is CCCCCCCCCCNC(=O)C(=O)NC1CCCC1. The van der Waals surface area contributed by atoms with Crippen LogP contribution in [0.15, 0.2) is 0 Å². The molecule has 0 aromatic rings. The molecule has 0 aliphatic heterocycles. The molecule has 1 rings (SSSR count). The van der Waals surface area contributed by atoms with Crippen LogP contribution in [0.2, 0.25) is 0 Å². The minimum absolute atomic E-state index is 0.214. The van der Waals surface area contributed by atoms with Crippen LogP contribution in [0, 0.1) is 0 Å². The topological polar surface area (TPSA) is 58.2 Å². The molecular formula is C17H32N2O2. The van der Waals surface area contributed by atoms with Crippen molar-refractivity contribution < 1.29 is 9.59 Å². The Morgan fingerprint density at radius 3 is 2.05 bits per heavy atom. The van der Waals surface area contributed by atoms with Crippen molar-refractivity contribution in [1.29, 1.82) is 0 Å². The number of rotatable bonds is 10. The lowest BCUT2D eigenvalue weighted by Crippen LogP contribution is -2.43. The van der Waals surface area contributed by atoms with Gasteiger partial charge in [-0.1, -0.05) is 64.7 Å². The summed E-state index contributed by atoms with van der Waals surface area (Å²) in [5.74, 6) is -0.925. The van der Waals surface area contributed by atoms with Crippen molar-refractivity contribution in [2.45, 2.75) is 90.0 Å². The zero-order valence-corrected chi connectivity index (χ0v) is 13.6. The molecule has 1 aliphatic rings. The number of hydrogen-bond donors (Lipinski definition) is 2. The average molecular weight is 296 g/mol. The lowest BCUT2D eigenvalue weighted by Gasteiger charge is -2.11. The number of carbonyl (C=O) groups is 2. The van der Waals surface area contributed by atoms with Gasteiger partial charge in [-0.3, -0.25) is 9.59 Å². The van der Waals surface area contributed by atoms with E-state index in [2.05, 4.69) is 17.6 Å². The second kappa shape index (κ2) is 11.6. The van der Waals surface area contributed by atoms with E-state index in [1.165, 1.54) is 38.5 Å². The van der Waals surface area contributed by atoms with E-state index in [9.17, 15) is 9.59 Å². The van der Waals surface area contributed by atoms with Crippen LogP contribution >= 0.6 is 0 Å². The van der Waals surface area contributed by atoms with Gasteiger partial charge in [0.05, 0.1) is 0 Å². The highest BCUT2D eigenvalue weighted by Crippen LogP contribution is 2.17. The highest BCUT2D eigenvalue weighted by molar-refractivity contribution is 6.35. The van der Waals surface area contributed by atoms with Crippen LogP contribution in [-0.2, 0) is 9.59 Å². The molecule has 1 saturated carbocycles. The monoisotopic (exact) mass is 296 g/mol. The maximum atomic E-state index is 11.6. The summed E-state index contributed by atoms with van der Waals surface area (Å²) in [5.41, 5.74) is 0. The van der Waals surface area contributed by atoms with Gasteiger partial charge in [0.2, 0.25) is 0 Å². The van der Waals surface area contributed by atoms with Gasteiger partial charge < -0.3 is 10.6 Å². The molecule has 2 amide bonds. The van der Waals surface area contributed by atoms with Crippen LogP contribution in [0.25, 0.3) is 0 Å². The van der Waals surface area contributed by atoms with Crippen LogP contribution in [0.1, 0.15) is 84.0 Å². The first kappa shape index (κ1) is 18.0. The molecule has 0 heterocycles. The molecule has 4 heteroatoms. The molecule has 0 aromatic heterocycles. The summed E-state index contributed by atoms with van der Waals surface area (Å²) >= 11 is 0. The molecule has 0 atom stereocenters. The van der Waals surface area contributed by atoms with E-state index in [1.807, 2.05) is 0 Å². The summed E-state index contributed by atoms with van der Waals surface area (Å²) in [5, 5.41) is 5.53. The van der Waals surface area contributed by atoms with Crippen molar-refractivity contribution in [3.63, 3.8) is 0 Å². The number of nitrogens with one attached hydrogen (secondary N) is 2. The lowest BCUT2D eigenvalue weighted by molar-refractivity contribution is -0.139. The summed E-state index contributed by atoms with van der Waals surface area (Å²) in [4.78, 5) is 23.3. The number of amides is 2. The van der Waals surface area contributed by atoms with Gasteiger partial charge in [0.15, 0.2) is 0 Å². The maximum Gasteiger partial charge on any atom is 0.309 e. The molecule has 1 aliphatic carbocycles. The Labute approximate surface area is 129 Å². The Morgan fingerprint density at radius 2 is 1.43 bits per heavy atom. The fourth-order valence-corrected chi connectivity index (χ4v) is 2.86. The zero-order chi connectivity index (χ0) is 15.3. The third kappa shape index (κ3) is 8.74. The van der Waals surface area contributed by atoms with Crippen molar-refractivity contribution in [3.05, 3.63) is 0 Å². The quantitative estimate of drug-likeness (QED) is 0.480. The fraction of sp³-hybridized carbons (Fsp3) is 0.882. The molecular weight excluding hydrogens is 264 g/mol. The van der Waals surface area contributed by atoms with Gasteiger partial charge in [-0.2, -0.15) is 0 Å². The van der Waals surface area contributed by atoms with Crippen molar-refractivity contribution in [3.8, 4) is 0 Å². The first-order valence-corrected chi connectivity index (χ1v) is 8.82. The van der Waals surface area contributed by atoms with Crippen molar-refractivity contribution in [2.24, 2.45) is 0 Å². The highest BCUT2D eigenvalue weighted by Gasteiger charge is 2.20. The van der Waals surface area contributed by atoms with Crippen LogP contribution in [0.3, 0.4) is 0 Å². The predicted molar refractivity (Wildman–Crippen MR) is 86.0 cm³/mol. The lowest BCUT2D eigenvalue weighted by atomic mass is 10.1. The van der Waals surface area contributed by atoms with Gasteiger partial charge in [0.25, 0.3) is 0 Å². The Kier molecular flexibility index (Phi) is 9.92. The summed E-state index contributed by atoms with van der Waals surface area (Å²) < 4.78 is 0. The Morgan fingerprint density at radius 1 is 0.857 bits per heavy atom. The Hall–Kier alpha value is -1.06. The van der Waals surface area contributed by atoms with Gasteiger partial charge in [0.1, 0.15) is 0 Å². The van der Waals surface area contributed by atoms with E-state index < -0.39 is 11.8 Å². The van der Waals surface area contributed by atoms with E-state index >= 15 is 0 Å². The summed E-state index contributed by atoms with van der Waals surface area (Å²) in [6.07, 6.45) is 14.3. The molecule has 0 spiro atoms. The van der Waals surface area contributed by atoms with E-state index in [4.69, 9.17) is 0 Å². The average Bonchev–Trinajstić information content (AvgIpc) is 2.98. The van der Waals surface area contributed by atoms with Crippen LogP contribution in [0.4, 0.5) is 0 Å². The number of unbranched alkanes of at least 4 members (excludes halogenated alkanes) is 7. The predicted octanol–water partition coefficient (Wildman–Crippen LogP) is 3.30. The Balaban J connectivity index is 1.91. The number of hydrogen-bond acceptors (Lipinski definition) is 2. The molecule has 4 nitrogen and oxygen atoms in total. The number of carbonyl (C=O) groups excluding carboxylic acids is 2. The smallest absolute Gasteiger partial charge is 0.309 e. The Bertz CT molecular complexity index is 299. The van der Waals surface area contributed by atoms with E-state index in [0.717, 1.165) is 38.5 Å². The fourth-order valence-electron chi connectivity index (χ4n) is 2.86. The van der Waals surface area contributed by atoms with Gasteiger partial charge in [-0.15, -0.1) is 0 Å². The molecule has 21 heavy (non-hydrogen) atoms. The normalized spacial score (nSPS) is 15.1. The zero-order valence-electron chi connectivity index (χ0n) is 13.6. The first-order valence-electron chi connectivity index (χ1n) is 8.82. The largest absolute Gasteiger partial charge is 0.348 e. The molecule has 2 N–H and O–H groups in total. The molecule has 0 radical (unpaired) electrons. The van der Waals surface area contributed by atoms with Crippen molar-refractivity contribution >= 4 is 11.8 Å². The van der Waals surface area contributed by atoms with E-state index in [1.54, 1.807) is 0 Å². The van der Waals surface area contributed by atoms with Crippen molar-refractivity contribution in [2.75, 3.05) is 6.54 Å². The van der Waals surface area contributed by atoms with E-state index in [-0.39, 0.29) is 6.04 Å². The maximum absolute atomic E-state index is 11.6. The molecule has 122 valence electrons. The second-order valence-corrected chi connectivity index (χ2v) is 6.19. The molecule has 0 bridgehead atoms. The second-order valence-electron chi connectivity index (χ2n) is 6.19. The third-order valence-electron chi connectivity index (χ3n) is 4.21. The van der Waals surface area contributed by atoms with Gasteiger partial charge in [-0.25, -0.2) is 0 Å². The van der Waals surface area contributed by atoms with Gasteiger partial charge >= 0.3 is 11.8 Å².